The minimum absolute atomic E-state index is 0. The molecule has 7 N–H and O–H groups in total. The van der Waals surface area contributed by atoms with E-state index in [9.17, 15) is 39.9 Å². The number of hydrogen-bond donors (Lipinski definition) is 6. The normalized spacial score (nSPS) is 27.9. The second-order valence-corrected chi connectivity index (χ2v) is 8.17. The highest BCUT2D eigenvalue weighted by atomic mass is 16.3. The number of phenols is 1. The molecule has 246 valence electrons. The molecule has 0 spiro atoms. The Labute approximate surface area is 251 Å². The molecule has 0 saturated heterocycles. The van der Waals surface area contributed by atoms with Gasteiger partial charge in [-0.2, -0.15) is 0 Å². The van der Waals surface area contributed by atoms with Gasteiger partial charge in [0.05, 0.1) is 23.3 Å². The Hall–Kier alpha value is -3.01. The highest BCUT2D eigenvalue weighted by Crippen LogP contribution is 2.55. The fraction of sp³-hybridized carbons (Fsp3) is 0.594. The Morgan fingerprint density at radius 3 is 1.78 bits per heavy atom. The summed E-state index contributed by atoms with van der Waals surface area (Å²) in [5.74, 6) is -10.4. The van der Waals surface area contributed by atoms with E-state index in [0.717, 1.165) is 0 Å². The molecule has 3 aliphatic carbocycles. The fourth-order valence-electron chi connectivity index (χ4n) is 5.29. The number of aliphatic hydroxyl groups excluding tert-OH is 3. The van der Waals surface area contributed by atoms with E-state index in [1.807, 2.05) is 0 Å². The highest BCUT2D eigenvalue weighted by molar-refractivity contribution is 6.26. The molecule has 1 aromatic rings. The lowest BCUT2D eigenvalue weighted by Gasteiger charge is -2.53. The first-order valence-corrected chi connectivity index (χ1v) is 9.37. The number of hydrogen-bond acceptors (Lipinski definition) is 8. The van der Waals surface area contributed by atoms with Crippen molar-refractivity contribution in [1.29, 1.82) is 0 Å². The smallest absolute Gasteiger partial charge is 0.230 e. The number of aliphatic hydroxyl groups is 4. The monoisotopic (exact) mass is 591 g/mol. The van der Waals surface area contributed by atoms with Crippen LogP contribution in [0.25, 0.3) is 11.3 Å². The number of nitrogens with two attached hydrogens (primary N) is 1. The summed E-state index contributed by atoms with van der Waals surface area (Å²) in [5.41, 5.74) is 2.23. The topological polar surface area (TPSA) is 178 Å². The van der Waals surface area contributed by atoms with Crippen molar-refractivity contribution in [3.63, 3.8) is 0 Å². The van der Waals surface area contributed by atoms with Crippen molar-refractivity contribution in [3.8, 4) is 5.75 Å². The van der Waals surface area contributed by atoms with Crippen LogP contribution >= 0.6 is 0 Å². The lowest BCUT2D eigenvalue weighted by Crippen LogP contribution is -2.72. The minimum atomic E-state index is -2.89. The number of benzene rings is 1. The first-order valence-electron chi connectivity index (χ1n) is 9.37. The number of carbonyl (C=O) groups excluding carboxylic acids is 3. The quantitative estimate of drug-likeness (QED) is 0.207. The van der Waals surface area contributed by atoms with Gasteiger partial charge in [-0.1, -0.05) is 107 Å². The molecule has 0 bridgehead atoms. The fourth-order valence-corrected chi connectivity index (χ4v) is 5.29. The molecule has 7 atom stereocenters. The van der Waals surface area contributed by atoms with Crippen LogP contribution in [0.3, 0.4) is 0 Å². The first kappa shape index (κ1) is 57.8. The van der Waals surface area contributed by atoms with Crippen LogP contribution in [0.15, 0.2) is 30.4 Å². The summed E-state index contributed by atoms with van der Waals surface area (Å²) in [6, 6.07) is 4.31. The lowest BCUT2D eigenvalue weighted by molar-refractivity contribution is -0.194. The predicted octanol–water partition coefficient (Wildman–Crippen LogP) is 6.27. The van der Waals surface area contributed by atoms with Gasteiger partial charge in [-0.15, -0.1) is 0 Å². The van der Waals surface area contributed by atoms with Gasteiger partial charge >= 0.3 is 0 Å². The van der Waals surface area contributed by atoms with Gasteiger partial charge in [0.25, 0.3) is 0 Å². The van der Waals surface area contributed by atoms with Gasteiger partial charge in [-0.3, -0.25) is 14.4 Å². The Morgan fingerprint density at radius 1 is 0.878 bits per heavy atom. The van der Waals surface area contributed by atoms with E-state index in [0.29, 0.717) is 5.56 Å². The largest absolute Gasteiger partial charge is 0.507 e. The van der Waals surface area contributed by atoms with E-state index in [-0.39, 0.29) is 98.6 Å². The summed E-state index contributed by atoms with van der Waals surface area (Å²) in [7, 11) is 0. The van der Waals surface area contributed by atoms with Crippen molar-refractivity contribution >= 4 is 28.8 Å². The lowest BCUT2D eigenvalue weighted by atomic mass is 9.51. The number of fused-ring (bicyclic) bond motifs is 3. The van der Waals surface area contributed by atoms with E-state index in [1.165, 1.54) is 25.1 Å². The number of amides is 1. The summed E-state index contributed by atoms with van der Waals surface area (Å²) in [6.07, 6.45) is -3.22. The summed E-state index contributed by atoms with van der Waals surface area (Å²) >= 11 is 0. The standard InChI is InChI=1S/C21H21NO8.11CH4/c1-6-8-4-3-5-9(23)11(8)16(25)12-10(6)17(26)14-7(2)15(24)13(20(22)29)19(28)21(14,30)18(12)27;;;;;;;;;;;/h3-5,7,10,13-15,17,23-26,30H,1H2,2H3,(H2,22,29);11*1H4/t7-,10?,13?,14?,15?,17?,21?;;;;;;;;;;;/m0.........../s1. The van der Waals surface area contributed by atoms with Gasteiger partial charge in [0, 0.05) is 11.8 Å². The molecule has 0 aliphatic heterocycles. The molecule has 6 unspecified atom stereocenters. The van der Waals surface area contributed by atoms with Crippen molar-refractivity contribution in [1.82, 2.24) is 0 Å². The molecular formula is C32H65NO8. The number of aromatic hydroxyl groups is 1. The third-order valence-electron chi connectivity index (χ3n) is 6.76. The van der Waals surface area contributed by atoms with E-state index in [4.69, 9.17) is 5.73 Å². The molecule has 1 aromatic carbocycles. The molecule has 0 aromatic heterocycles. The number of ketones is 2. The molecule has 0 radical (unpaired) electrons. The first-order chi connectivity index (χ1) is 14.0. The molecule has 4 rings (SSSR count). The zero-order valence-corrected chi connectivity index (χ0v) is 15.9. The summed E-state index contributed by atoms with van der Waals surface area (Å²) in [6.45, 7) is 5.28. The average Bonchev–Trinajstić information content (AvgIpc) is 2.67. The van der Waals surface area contributed by atoms with E-state index >= 15 is 0 Å². The predicted molar refractivity (Wildman–Crippen MR) is 177 cm³/mol. The van der Waals surface area contributed by atoms with Gasteiger partial charge in [0.15, 0.2) is 11.4 Å². The second kappa shape index (κ2) is 18.4. The van der Waals surface area contributed by atoms with Crippen LogP contribution in [0, 0.1) is 23.7 Å². The minimum Gasteiger partial charge on any atom is -0.507 e. The van der Waals surface area contributed by atoms with Crippen LogP contribution in [0.2, 0.25) is 0 Å². The molecular weight excluding hydrogens is 526 g/mol. The van der Waals surface area contributed by atoms with E-state index in [2.05, 4.69) is 6.58 Å². The van der Waals surface area contributed by atoms with Gasteiger partial charge in [-0.25, -0.2) is 0 Å². The molecule has 9 heteroatoms. The van der Waals surface area contributed by atoms with Crippen LogP contribution in [0.5, 0.6) is 5.75 Å². The van der Waals surface area contributed by atoms with Gasteiger partial charge in [0.2, 0.25) is 11.7 Å². The van der Waals surface area contributed by atoms with E-state index in [1.54, 1.807) is 0 Å². The van der Waals surface area contributed by atoms with Gasteiger partial charge < -0.3 is 31.3 Å². The SMILES string of the molecule is C.C.C.C.C.C.C.C.C.C.C.C=C1c2cccc(O)c2C(O)=C2C(=O)C3(O)C(=O)C(C(N)=O)C(O)[C@@H](C)C3C(O)C12. The summed E-state index contributed by atoms with van der Waals surface area (Å²) in [4.78, 5) is 38.2. The maximum Gasteiger partial charge on any atom is 0.230 e. The number of phenolic OH excluding ortho intramolecular Hbond substituents is 1. The molecule has 2 saturated carbocycles. The van der Waals surface area contributed by atoms with Crippen molar-refractivity contribution < 1.29 is 39.9 Å². The van der Waals surface area contributed by atoms with Crippen molar-refractivity contribution in [2.45, 2.75) is 106 Å². The Balaban J connectivity index is -0.000000165. The van der Waals surface area contributed by atoms with Gasteiger partial charge in [0.1, 0.15) is 17.4 Å². The van der Waals surface area contributed by atoms with Crippen LogP contribution in [-0.2, 0) is 14.4 Å². The van der Waals surface area contributed by atoms with Crippen molar-refractivity contribution in [2.24, 2.45) is 29.4 Å². The van der Waals surface area contributed by atoms with Crippen LogP contribution in [0.4, 0.5) is 0 Å². The molecule has 41 heavy (non-hydrogen) atoms. The Morgan fingerprint density at radius 2 is 1.34 bits per heavy atom. The van der Waals surface area contributed by atoms with Crippen LogP contribution < -0.4 is 5.73 Å². The van der Waals surface area contributed by atoms with Crippen LogP contribution in [-0.4, -0.2) is 60.8 Å². The number of Topliss-reactive ketones (excluding diaryl/α,β-unsaturated/α-hetero) is 2. The summed E-state index contributed by atoms with van der Waals surface area (Å²) < 4.78 is 0. The Kier molecular flexibility index (Phi) is 26.0. The van der Waals surface area contributed by atoms with Crippen molar-refractivity contribution in [2.75, 3.05) is 0 Å². The van der Waals surface area contributed by atoms with Crippen molar-refractivity contribution in [3.05, 3.63) is 41.5 Å². The highest BCUT2D eigenvalue weighted by Gasteiger charge is 2.69. The molecule has 1 amide bonds. The molecule has 0 heterocycles. The number of rotatable bonds is 1. The molecule has 9 nitrogen and oxygen atoms in total. The second-order valence-electron chi connectivity index (χ2n) is 8.17. The maximum atomic E-state index is 13.4. The third-order valence-corrected chi connectivity index (χ3v) is 6.76. The number of carbonyl (C=O) groups is 3. The zero-order valence-electron chi connectivity index (χ0n) is 15.9. The average molecular weight is 592 g/mol. The Bertz CT molecular complexity index is 1060. The zero-order chi connectivity index (χ0) is 22.3. The van der Waals surface area contributed by atoms with E-state index < -0.39 is 70.3 Å². The molecule has 3 aliphatic rings. The van der Waals surface area contributed by atoms with Gasteiger partial charge in [-0.05, 0) is 23.1 Å². The summed E-state index contributed by atoms with van der Waals surface area (Å²) in [5, 5.41) is 53.9. The maximum absolute atomic E-state index is 13.4. The number of primary amides is 1. The van der Waals surface area contributed by atoms with Crippen LogP contribution in [0.1, 0.15) is 99.7 Å². The third kappa shape index (κ3) is 6.90. The molecule has 2 fully saturated rings.